The third-order valence-electron chi connectivity index (χ3n) is 8.02. The van der Waals surface area contributed by atoms with E-state index in [1.54, 1.807) is 18.7 Å². The molecule has 32 heavy (non-hydrogen) atoms. The Morgan fingerprint density at radius 3 is 2.19 bits per heavy atom. The molecule has 0 spiro atoms. The molecule has 4 saturated carbocycles. The molecule has 2 aromatic carbocycles. The Bertz CT molecular complexity index is 992. The van der Waals surface area contributed by atoms with Gasteiger partial charge in [0.15, 0.2) is 5.78 Å². The molecule has 0 amide bonds. The molecule has 4 bridgehead atoms. The number of thioether (sulfide) groups is 1. The van der Waals surface area contributed by atoms with Crippen LogP contribution in [0.15, 0.2) is 48.5 Å². The molecule has 168 valence electrons. The van der Waals surface area contributed by atoms with Crippen LogP contribution in [0.4, 0.5) is 0 Å². The Kier molecular flexibility index (Phi) is 5.92. The minimum Gasteiger partial charge on any atom is -0.481 e. The highest BCUT2D eigenvalue weighted by atomic mass is 32.2. The first-order chi connectivity index (χ1) is 15.4. The van der Waals surface area contributed by atoms with Gasteiger partial charge in [0, 0.05) is 22.6 Å². The summed E-state index contributed by atoms with van der Waals surface area (Å²) in [5.41, 5.74) is 4.26. The fraction of sp³-hybridized carbons (Fsp3) is 0.500. The van der Waals surface area contributed by atoms with Crippen molar-refractivity contribution in [3.05, 3.63) is 70.8 Å². The molecule has 0 aromatic heterocycles. The van der Waals surface area contributed by atoms with Gasteiger partial charge in [0.2, 0.25) is 0 Å². The van der Waals surface area contributed by atoms with Gasteiger partial charge in [-0.05, 0) is 85.0 Å². The molecule has 1 atom stereocenters. The summed E-state index contributed by atoms with van der Waals surface area (Å²) in [5.74, 6) is 2.91. The van der Waals surface area contributed by atoms with Crippen LogP contribution in [0, 0.1) is 23.7 Å². The SMILES string of the molecule is CC(CSCc1cccc(C(=O)c2cccc(C34CC5CC(CC(C5)C3)C4)c2)c1)C(=O)O. The number of carboxylic acid groups (broad SMARTS) is 1. The topological polar surface area (TPSA) is 54.4 Å². The van der Waals surface area contributed by atoms with Gasteiger partial charge in [-0.3, -0.25) is 9.59 Å². The summed E-state index contributed by atoms with van der Waals surface area (Å²) in [5, 5.41) is 9.05. The predicted molar refractivity (Wildman–Crippen MR) is 129 cm³/mol. The van der Waals surface area contributed by atoms with E-state index >= 15 is 0 Å². The maximum absolute atomic E-state index is 13.4. The van der Waals surface area contributed by atoms with Crippen LogP contribution in [0.1, 0.15) is 72.5 Å². The number of carbonyl (C=O) groups excluding carboxylic acids is 1. The Labute approximate surface area is 195 Å². The third-order valence-corrected chi connectivity index (χ3v) is 9.30. The zero-order chi connectivity index (χ0) is 22.3. The first-order valence-corrected chi connectivity index (χ1v) is 13.1. The van der Waals surface area contributed by atoms with Crippen molar-refractivity contribution in [3.63, 3.8) is 0 Å². The van der Waals surface area contributed by atoms with Crippen molar-refractivity contribution in [1.82, 2.24) is 0 Å². The number of hydrogen-bond donors (Lipinski definition) is 1. The molecule has 4 aliphatic carbocycles. The largest absolute Gasteiger partial charge is 0.481 e. The van der Waals surface area contributed by atoms with Gasteiger partial charge in [-0.25, -0.2) is 0 Å². The lowest BCUT2D eigenvalue weighted by Gasteiger charge is -2.57. The van der Waals surface area contributed by atoms with Crippen molar-refractivity contribution < 1.29 is 14.7 Å². The van der Waals surface area contributed by atoms with E-state index in [1.165, 1.54) is 44.1 Å². The number of hydrogen-bond acceptors (Lipinski definition) is 3. The van der Waals surface area contributed by atoms with Crippen LogP contribution in [0.3, 0.4) is 0 Å². The molecule has 0 saturated heterocycles. The van der Waals surface area contributed by atoms with Crippen LogP contribution in [0.2, 0.25) is 0 Å². The summed E-state index contributed by atoms with van der Waals surface area (Å²) in [4.78, 5) is 24.4. The molecule has 4 heteroatoms. The van der Waals surface area contributed by atoms with Crippen LogP contribution in [-0.2, 0) is 16.0 Å². The predicted octanol–water partition coefficient (Wildman–Crippen LogP) is 6.34. The summed E-state index contributed by atoms with van der Waals surface area (Å²) in [6.07, 6.45) is 8.18. The summed E-state index contributed by atoms with van der Waals surface area (Å²) >= 11 is 1.60. The van der Waals surface area contributed by atoms with E-state index in [4.69, 9.17) is 5.11 Å². The molecule has 2 aromatic rings. The summed E-state index contributed by atoms with van der Waals surface area (Å²) in [6, 6.07) is 16.3. The molecule has 6 rings (SSSR count). The van der Waals surface area contributed by atoms with Gasteiger partial charge >= 0.3 is 5.97 Å². The molecule has 0 radical (unpaired) electrons. The van der Waals surface area contributed by atoms with Gasteiger partial charge in [0.1, 0.15) is 0 Å². The highest BCUT2D eigenvalue weighted by molar-refractivity contribution is 7.98. The van der Waals surface area contributed by atoms with Crippen molar-refractivity contribution in [2.24, 2.45) is 23.7 Å². The second kappa shape index (κ2) is 8.70. The molecule has 4 aliphatic rings. The maximum Gasteiger partial charge on any atom is 0.307 e. The smallest absolute Gasteiger partial charge is 0.307 e. The number of ketones is 1. The van der Waals surface area contributed by atoms with Crippen molar-refractivity contribution >= 4 is 23.5 Å². The number of aliphatic carboxylic acids is 1. The van der Waals surface area contributed by atoms with Crippen molar-refractivity contribution in [2.75, 3.05) is 5.75 Å². The third kappa shape index (κ3) is 4.26. The monoisotopic (exact) mass is 448 g/mol. The first-order valence-electron chi connectivity index (χ1n) is 12.0. The molecule has 0 aliphatic heterocycles. The fourth-order valence-electron chi connectivity index (χ4n) is 6.85. The van der Waals surface area contributed by atoms with Crippen LogP contribution in [0.5, 0.6) is 0 Å². The average Bonchev–Trinajstić information content (AvgIpc) is 2.78. The molecule has 1 unspecified atom stereocenters. The Hall–Kier alpha value is -2.07. The van der Waals surface area contributed by atoms with Gasteiger partial charge in [0.05, 0.1) is 5.92 Å². The minimum atomic E-state index is -0.764. The number of benzene rings is 2. The maximum atomic E-state index is 13.4. The number of rotatable bonds is 8. The lowest BCUT2D eigenvalue weighted by Crippen LogP contribution is -2.48. The summed E-state index contributed by atoms with van der Waals surface area (Å²) in [6.45, 7) is 1.73. The lowest BCUT2D eigenvalue weighted by molar-refractivity contribution is -0.140. The van der Waals surface area contributed by atoms with E-state index in [0.29, 0.717) is 16.9 Å². The van der Waals surface area contributed by atoms with Crippen LogP contribution in [-0.4, -0.2) is 22.6 Å². The van der Waals surface area contributed by atoms with Gasteiger partial charge in [-0.1, -0.05) is 43.3 Å². The Morgan fingerprint density at radius 2 is 1.56 bits per heavy atom. The van der Waals surface area contributed by atoms with E-state index in [9.17, 15) is 9.59 Å². The van der Waals surface area contributed by atoms with E-state index in [0.717, 1.165) is 34.4 Å². The zero-order valence-electron chi connectivity index (χ0n) is 18.8. The highest BCUT2D eigenvalue weighted by Gasteiger charge is 2.51. The van der Waals surface area contributed by atoms with Gasteiger partial charge in [-0.2, -0.15) is 11.8 Å². The van der Waals surface area contributed by atoms with Crippen LogP contribution >= 0.6 is 11.8 Å². The second-order valence-electron chi connectivity index (χ2n) is 10.6. The van der Waals surface area contributed by atoms with E-state index in [2.05, 4.69) is 18.2 Å². The van der Waals surface area contributed by atoms with Crippen molar-refractivity contribution in [2.45, 2.75) is 56.6 Å². The number of carbonyl (C=O) groups is 2. The Balaban J connectivity index is 1.32. The molecular weight excluding hydrogens is 416 g/mol. The second-order valence-corrected chi connectivity index (χ2v) is 11.6. The standard InChI is InChI=1S/C28H32O3S/c1-18(27(30)31)16-32-17-19-4-2-5-23(11-19)26(29)24-6-3-7-25(12-24)28-13-20-8-21(14-28)10-22(9-20)15-28/h2-7,11-12,18,20-22H,8-10,13-17H2,1H3,(H,30,31). The molecule has 3 nitrogen and oxygen atoms in total. The fourth-order valence-corrected chi connectivity index (χ4v) is 7.88. The van der Waals surface area contributed by atoms with Crippen molar-refractivity contribution in [1.29, 1.82) is 0 Å². The van der Waals surface area contributed by atoms with Gasteiger partial charge in [0.25, 0.3) is 0 Å². The van der Waals surface area contributed by atoms with E-state index in [1.807, 2.05) is 30.3 Å². The van der Waals surface area contributed by atoms with E-state index in [-0.39, 0.29) is 11.7 Å². The molecule has 4 fully saturated rings. The minimum absolute atomic E-state index is 0.0855. The van der Waals surface area contributed by atoms with Crippen LogP contribution in [0.25, 0.3) is 0 Å². The lowest BCUT2D eigenvalue weighted by atomic mass is 9.48. The van der Waals surface area contributed by atoms with Crippen molar-refractivity contribution in [3.8, 4) is 0 Å². The average molecular weight is 449 g/mol. The van der Waals surface area contributed by atoms with Gasteiger partial charge in [-0.15, -0.1) is 0 Å². The van der Waals surface area contributed by atoms with Gasteiger partial charge < -0.3 is 5.11 Å². The van der Waals surface area contributed by atoms with E-state index < -0.39 is 5.97 Å². The summed E-state index contributed by atoms with van der Waals surface area (Å²) < 4.78 is 0. The number of carboxylic acids is 1. The Morgan fingerprint density at radius 1 is 0.969 bits per heavy atom. The van der Waals surface area contributed by atoms with Crippen LogP contribution < -0.4 is 0 Å². The quantitative estimate of drug-likeness (QED) is 0.479. The molecular formula is C28H32O3S. The highest BCUT2D eigenvalue weighted by Crippen LogP contribution is 2.60. The first kappa shape index (κ1) is 21.8. The normalized spacial score (nSPS) is 29.1. The molecule has 1 N–H and O–H groups in total. The zero-order valence-corrected chi connectivity index (χ0v) is 19.6. The summed E-state index contributed by atoms with van der Waals surface area (Å²) in [7, 11) is 0. The molecule has 0 heterocycles.